The normalized spacial score (nSPS) is 12.2. The van der Waals surface area contributed by atoms with Gasteiger partial charge in [-0.05, 0) is 48.6 Å². The summed E-state index contributed by atoms with van der Waals surface area (Å²) in [6.07, 6.45) is 0.998. The molecule has 0 bridgehead atoms. The highest BCUT2D eigenvalue weighted by molar-refractivity contribution is 9.09. The molecule has 0 aliphatic heterocycles. The summed E-state index contributed by atoms with van der Waals surface area (Å²) in [7, 11) is 1.71. The van der Waals surface area contributed by atoms with Crippen molar-refractivity contribution in [2.45, 2.75) is 25.1 Å². The van der Waals surface area contributed by atoms with Gasteiger partial charge < -0.3 is 4.74 Å². The Balaban J connectivity index is 2.18. The molecule has 2 rings (SSSR count). The van der Waals surface area contributed by atoms with Crippen LogP contribution in [-0.4, -0.2) is 7.11 Å². The van der Waals surface area contributed by atoms with Gasteiger partial charge in [0.2, 0.25) is 0 Å². The van der Waals surface area contributed by atoms with Crippen LogP contribution in [0, 0.1) is 13.8 Å². The van der Waals surface area contributed by atoms with Gasteiger partial charge >= 0.3 is 0 Å². The van der Waals surface area contributed by atoms with Gasteiger partial charge in [0.1, 0.15) is 5.75 Å². The predicted octanol–water partition coefficient (Wildman–Crippen LogP) is 4.99. The van der Waals surface area contributed by atoms with E-state index in [-0.39, 0.29) is 0 Å². The van der Waals surface area contributed by atoms with Gasteiger partial charge in [-0.3, -0.25) is 0 Å². The first-order chi connectivity index (χ1) is 9.11. The molecule has 0 fully saturated rings. The summed E-state index contributed by atoms with van der Waals surface area (Å²) in [6, 6.07) is 14.9. The molecule has 1 unspecified atom stereocenters. The van der Waals surface area contributed by atoms with Crippen molar-refractivity contribution in [3.63, 3.8) is 0 Å². The molecule has 2 aromatic rings. The third kappa shape index (κ3) is 3.38. The first-order valence-electron chi connectivity index (χ1n) is 6.45. The predicted molar refractivity (Wildman–Crippen MR) is 84.3 cm³/mol. The van der Waals surface area contributed by atoms with Crippen molar-refractivity contribution in [3.05, 3.63) is 64.7 Å². The molecular weight excluding hydrogens is 300 g/mol. The standard InChI is InChI=1S/C17H19BrO/c1-12-6-4-5-7-14(12)11-16(18)15-8-9-17(19-3)13(2)10-15/h4-10,16H,11H2,1-3H3. The molecule has 0 aromatic heterocycles. The maximum Gasteiger partial charge on any atom is 0.121 e. The highest BCUT2D eigenvalue weighted by Crippen LogP contribution is 2.31. The van der Waals surface area contributed by atoms with E-state index in [1.54, 1.807) is 7.11 Å². The molecule has 100 valence electrons. The third-order valence-electron chi connectivity index (χ3n) is 3.44. The average Bonchev–Trinajstić information content (AvgIpc) is 2.41. The van der Waals surface area contributed by atoms with E-state index >= 15 is 0 Å². The van der Waals surface area contributed by atoms with Gasteiger partial charge in [0.05, 0.1) is 7.11 Å². The summed E-state index contributed by atoms with van der Waals surface area (Å²) in [5.74, 6) is 0.944. The molecule has 0 N–H and O–H groups in total. The van der Waals surface area contributed by atoms with Crippen LogP contribution in [0.15, 0.2) is 42.5 Å². The molecule has 0 amide bonds. The molecule has 0 heterocycles. The molecule has 1 atom stereocenters. The van der Waals surface area contributed by atoms with Gasteiger partial charge in [0, 0.05) is 4.83 Å². The number of hydrogen-bond acceptors (Lipinski definition) is 1. The van der Waals surface area contributed by atoms with Gasteiger partial charge in [-0.1, -0.05) is 52.3 Å². The third-order valence-corrected chi connectivity index (χ3v) is 4.29. The zero-order valence-electron chi connectivity index (χ0n) is 11.6. The lowest BCUT2D eigenvalue weighted by Crippen LogP contribution is -1.98. The number of hydrogen-bond donors (Lipinski definition) is 0. The van der Waals surface area contributed by atoms with E-state index in [2.05, 4.69) is 66.2 Å². The second-order valence-electron chi connectivity index (χ2n) is 4.83. The lowest BCUT2D eigenvalue weighted by atomic mass is 9.99. The van der Waals surface area contributed by atoms with Gasteiger partial charge in [-0.15, -0.1) is 0 Å². The van der Waals surface area contributed by atoms with Crippen LogP contribution in [0.3, 0.4) is 0 Å². The summed E-state index contributed by atoms with van der Waals surface area (Å²) < 4.78 is 5.30. The van der Waals surface area contributed by atoms with Crippen LogP contribution in [-0.2, 0) is 6.42 Å². The minimum atomic E-state index is 0.332. The second kappa shape index (κ2) is 6.25. The van der Waals surface area contributed by atoms with E-state index in [1.165, 1.54) is 22.3 Å². The van der Waals surface area contributed by atoms with Crippen LogP contribution in [0.5, 0.6) is 5.75 Å². The summed E-state index contributed by atoms with van der Waals surface area (Å²) in [5.41, 5.74) is 5.20. The number of alkyl halides is 1. The lowest BCUT2D eigenvalue weighted by Gasteiger charge is -2.14. The Morgan fingerprint density at radius 3 is 2.42 bits per heavy atom. The van der Waals surface area contributed by atoms with Gasteiger partial charge in [0.15, 0.2) is 0 Å². The lowest BCUT2D eigenvalue weighted by molar-refractivity contribution is 0.411. The molecule has 2 aromatic carbocycles. The van der Waals surface area contributed by atoms with Crippen molar-refractivity contribution in [2.75, 3.05) is 7.11 Å². The Kier molecular flexibility index (Phi) is 4.65. The van der Waals surface area contributed by atoms with E-state index in [0.29, 0.717) is 4.83 Å². The zero-order valence-corrected chi connectivity index (χ0v) is 13.2. The molecule has 0 saturated heterocycles. The van der Waals surface area contributed by atoms with Gasteiger partial charge in [-0.25, -0.2) is 0 Å². The van der Waals surface area contributed by atoms with Crippen molar-refractivity contribution in [2.24, 2.45) is 0 Å². The van der Waals surface area contributed by atoms with Crippen molar-refractivity contribution in [3.8, 4) is 5.75 Å². The molecule has 0 radical (unpaired) electrons. The summed E-state index contributed by atoms with van der Waals surface area (Å²) >= 11 is 3.80. The van der Waals surface area contributed by atoms with E-state index in [4.69, 9.17) is 4.74 Å². The van der Waals surface area contributed by atoms with E-state index in [9.17, 15) is 0 Å². The fourth-order valence-electron chi connectivity index (χ4n) is 2.25. The van der Waals surface area contributed by atoms with Crippen LogP contribution in [0.2, 0.25) is 0 Å². The van der Waals surface area contributed by atoms with E-state index < -0.39 is 0 Å². The first kappa shape index (κ1) is 14.1. The summed E-state index contributed by atoms with van der Waals surface area (Å²) in [6.45, 7) is 4.24. The number of halogens is 1. The Morgan fingerprint density at radius 1 is 1.05 bits per heavy atom. The molecule has 0 aliphatic rings. The minimum Gasteiger partial charge on any atom is -0.496 e. The van der Waals surface area contributed by atoms with Gasteiger partial charge in [-0.2, -0.15) is 0 Å². The largest absolute Gasteiger partial charge is 0.496 e. The molecule has 19 heavy (non-hydrogen) atoms. The second-order valence-corrected chi connectivity index (χ2v) is 5.93. The Bertz CT molecular complexity index is 563. The number of benzene rings is 2. The Hall–Kier alpha value is -1.28. The van der Waals surface area contributed by atoms with Crippen LogP contribution >= 0.6 is 15.9 Å². The SMILES string of the molecule is COc1ccc(C(Br)Cc2ccccc2C)cc1C. The first-order valence-corrected chi connectivity index (χ1v) is 7.36. The highest BCUT2D eigenvalue weighted by Gasteiger charge is 2.11. The van der Waals surface area contributed by atoms with Crippen LogP contribution < -0.4 is 4.74 Å². The maximum atomic E-state index is 5.30. The van der Waals surface area contributed by atoms with Crippen molar-refractivity contribution in [1.29, 1.82) is 0 Å². The Labute approximate surface area is 123 Å². The van der Waals surface area contributed by atoms with Crippen LogP contribution in [0.4, 0.5) is 0 Å². The number of methoxy groups -OCH3 is 1. The van der Waals surface area contributed by atoms with E-state index in [1.807, 2.05) is 6.07 Å². The number of aryl methyl sites for hydroxylation is 2. The summed E-state index contributed by atoms with van der Waals surface area (Å²) in [4.78, 5) is 0.332. The summed E-state index contributed by atoms with van der Waals surface area (Å²) in [5, 5.41) is 0. The Morgan fingerprint density at radius 2 is 1.79 bits per heavy atom. The number of ether oxygens (including phenoxy) is 1. The van der Waals surface area contributed by atoms with Crippen LogP contribution in [0.25, 0.3) is 0 Å². The fraction of sp³-hybridized carbons (Fsp3) is 0.294. The van der Waals surface area contributed by atoms with Crippen molar-refractivity contribution in [1.82, 2.24) is 0 Å². The molecule has 2 heteroatoms. The average molecular weight is 319 g/mol. The van der Waals surface area contributed by atoms with Gasteiger partial charge in [0.25, 0.3) is 0 Å². The molecular formula is C17H19BrO. The fourth-order valence-corrected chi connectivity index (χ4v) is 2.88. The van der Waals surface area contributed by atoms with E-state index in [0.717, 1.165) is 12.2 Å². The topological polar surface area (TPSA) is 9.23 Å². The molecule has 0 spiro atoms. The number of rotatable bonds is 4. The highest BCUT2D eigenvalue weighted by atomic mass is 79.9. The molecule has 0 saturated carbocycles. The molecule has 0 aliphatic carbocycles. The monoisotopic (exact) mass is 318 g/mol. The molecule has 1 nitrogen and oxygen atoms in total. The van der Waals surface area contributed by atoms with Crippen LogP contribution in [0.1, 0.15) is 27.1 Å². The van der Waals surface area contributed by atoms with Crippen molar-refractivity contribution >= 4 is 15.9 Å². The maximum absolute atomic E-state index is 5.30. The zero-order chi connectivity index (χ0) is 13.8. The van der Waals surface area contributed by atoms with Crippen molar-refractivity contribution < 1.29 is 4.74 Å². The smallest absolute Gasteiger partial charge is 0.121 e. The minimum absolute atomic E-state index is 0.332. The quantitative estimate of drug-likeness (QED) is 0.721.